The Hall–Kier alpha value is -2.44. The number of aromatic amines is 1. The predicted octanol–water partition coefficient (Wildman–Crippen LogP) is 0.731. The van der Waals surface area contributed by atoms with Crippen LogP contribution in [0.15, 0.2) is 24.3 Å². The molecular formula is C14H18N6O. The third kappa shape index (κ3) is 3.18. The van der Waals surface area contributed by atoms with Gasteiger partial charge in [0.1, 0.15) is 0 Å². The van der Waals surface area contributed by atoms with E-state index in [9.17, 15) is 4.79 Å². The van der Waals surface area contributed by atoms with Crippen molar-refractivity contribution < 1.29 is 4.79 Å². The molecule has 7 heteroatoms. The van der Waals surface area contributed by atoms with E-state index in [-0.39, 0.29) is 12.3 Å². The summed E-state index contributed by atoms with van der Waals surface area (Å²) in [5.41, 5.74) is 7.79. The molecule has 1 aromatic carbocycles. The fraction of sp³-hybridized carbons (Fsp3) is 0.429. The summed E-state index contributed by atoms with van der Waals surface area (Å²) in [6.07, 6.45) is 2.16. The molecule has 1 aliphatic heterocycles. The molecule has 1 aliphatic rings. The first-order valence-corrected chi connectivity index (χ1v) is 7.08. The topological polar surface area (TPSA) is 101 Å². The van der Waals surface area contributed by atoms with Crippen LogP contribution >= 0.6 is 0 Å². The Morgan fingerprint density at radius 3 is 2.62 bits per heavy atom. The van der Waals surface area contributed by atoms with Gasteiger partial charge in [-0.1, -0.05) is 17.3 Å². The summed E-state index contributed by atoms with van der Waals surface area (Å²) in [4.78, 5) is 14.0. The molecule has 3 rings (SSSR count). The largest absolute Gasteiger partial charge is 0.399 e. The van der Waals surface area contributed by atoms with Crippen LogP contribution in [0.4, 0.5) is 5.69 Å². The molecule has 7 nitrogen and oxygen atoms in total. The van der Waals surface area contributed by atoms with Crippen LogP contribution in [0.3, 0.4) is 0 Å². The minimum Gasteiger partial charge on any atom is -0.399 e. The lowest BCUT2D eigenvalue weighted by molar-refractivity contribution is -0.131. The molecule has 1 saturated heterocycles. The van der Waals surface area contributed by atoms with Crippen LogP contribution in [0.5, 0.6) is 0 Å². The minimum absolute atomic E-state index is 0.0622. The van der Waals surface area contributed by atoms with E-state index in [1.54, 1.807) is 0 Å². The number of likely N-dealkylation sites (tertiary alicyclic amines) is 1. The number of benzene rings is 1. The molecule has 1 aromatic heterocycles. The first-order chi connectivity index (χ1) is 10.2. The van der Waals surface area contributed by atoms with Gasteiger partial charge in [-0.3, -0.25) is 4.79 Å². The van der Waals surface area contributed by atoms with E-state index < -0.39 is 0 Å². The van der Waals surface area contributed by atoms with Crippen molar-refractivity contribution in [2.75, 3.05) is 18.8 Å². The molecule has 110 valence electrons. The number of hydrogen-bond donors (Lipinski definition) is 2. The van der Waals surface area contributed by atoms with Gasteiger partial charge in [0.05, 0.1) is 6.42 Å². The second-order valence-electron chi connectivity index (χ2n) is 5.33. The van der Waals surface area contributed by atoms with Gasteiger partial charge in [0.15, 0.2) is 5.82 Å². The molecule has 1 fully saturated rings. The average molecular weight is 286 g/mol. The number of aromatic nitrogens is 4. The lowest BCUT2D eigenvalue weighted by atomic mass is 9.89. The summed E-state index contributed by atoms with van der Waals surface area (Å²) in [6.45, 7) is 1.54. The number of carbonyl (C=O) groups excluding carboxylic acids is 1. The molecule has 0 saturated carbocycles. The highest BCUT2D eigenvalue weighted by Gasteiger charge is 2.24. The maximum atomic E-state index is 12.1. The van der Waals surface area contributed by atoms with Crippen molar-refractivity contribution in [1.82, 2.24) is 25.5 Å². The first-order valence-electron chi connectivity index (χ1n) is 7.08. The summed E-state index contributed by atoms with van der Waals surface area (Å²) in [5, 5.41) is 13.5. The van der Waals surface area contributed by atoms with Gasteiger partial charge in [-0.15, -0.1) is 10.2 Å². The SMILES string of the molecule is Nc1ccc(C2CCN(C(=O)Cc3nn[nH]n3)CC2)cc1. The number of piperidine rings is 1. The Morgan fingerprint density at radius 1 is 1.29 bits per heavy atom. The number of nitrogen functional groups attached to an aromatic ring is 1. The molecule has 21 heavy (non-hydrogen) atoms. The van der Waals surface area contributed by atoms with Crippen molar-refractivity contribution in [3.8, 4) is 0 Å². The number of nitrogens with one attached hydrogen (secondary N) is 1. The van der Waals surface area contributed by atoms with Crippen molar-refractivity contribution in [1.29, 1.82) is 0 Å². The Kier molecular flexibility index (Phi) is 3.81. The number of rotatable bonds is 3. The fourth-order valence-corrected chi connectivity index (χ4v) is 2.73. The maximum absolute atomic E-state index is 12.1. The summed E-state index contributed by atoms with van der Waals surface area (Å²) in [6, 6.07) is 8.03. The Labute approximate surface area is 122 Å². The van der Waals surface area contributed by atoms with Crippen LogP contribution in [0.25, 0.3) is 0 Å². The number of anilines is 1. The number of tetrazole rings is 1. The highest BCUT2D eigenvalue weighted by molar-refractivity contribution is 5.78. The normalized spacial score (nSPS) is 16.1. The highest BCUT2D eigenvalue weighted by atomic mass is 16.2. The van der Waals surface area contributed by atoms with E-state index in [2.05, 4.69) is 32.8 Å². The van der Waals surface area contributed by atoms with Gasteiger partial charge in [-0.2, -0.15) is 5.21 Å². The van der Waals surface area contributed by atoms with Crippen LogP contribution < -0.4 is 5.73 Å². The molecule has 3 N–H and O–H groups in total. The van der Waals surface area contributed by atoms with Crippen LogP contribution in [0, 0.1) is 0 Å². The predicted molar refractivity (Wildman–Crippen MR) is 77.3 cm³/mol. The molecule has 0 atom stereocenters. The zero-order valence-electron chi connectivity index (χ0n) is 11.7. The van der Waals surface area contributed by atoms with Gasteiger partial charge in [-0.05, 0) is 36.5 Å². The number of nitrogens with zero attached hydrogens (tertiary/aromatic N) is 4. The molecule has 1 amide bonds. The van der Waals surface area contributed by atoms with Gasteiger partial charge in [-0.25, -0.2) is 0 Å². The third-order valence-corrected chi connectivity index (χ3v) is 3.95. The Balaban J connectivity index is 1.55. The van der Waals surface area contributed by atoms with Crippen molar-refractivity contribution in [3.05, 3.63) is 35.7 Å². The fourth-order valence-electron chi connectivity index (χ4n) is 2.73. The second-order valence-corrected chi connectivity index (χ2v) is 5.33. The lowest BCUT2D eigenvalue weighted by Crippen LogP contribution is -2.39. The van der Waals surface area contributed by atoms with E-state index in [1.165, 1.54) is 5.56 Å². The minimum atomic E-state index is 0.0622. The van der Waals surface area contributed by atoms with Gasteiger partial charge < -0.3 is 10.6 Å². The molecule has 0 spiro atoms. The Bertz CT molecular complexity index is 586. The lowest BCUT2D eigenvalue weighted by Gasteiger charge is -2.32. The van der Waals surface area contributed by atoms with Gasteiger partial charge in [0, 0.05) is 18.8 Å². The zero-order valence-corrected chi connectivity index (χ0v) is 11.7. The number of hydrogen-bond acceptors (Lipinski definition) is 5. The quantitative estimate of drug-likeness (QED) is 0.810. The summed E-state index contributed by atoms with van der Waals surface area (Å²) < 4.78 is 0. The molecule has 0 unspecified atom stereocenters. The first kappa shape index (κ1) is 13.5. The maximum Gasteiger partial charge on any atom is 0.230 e. The van der Waals surface area contributed by atoms with Gasteiger partial charge in [0.25, 0.3) is 0 Å². The third-order valence-electron chi connectivity index (χ3n) is 3.95. The van der Waals surface area contributed by atoms with E-state index in [0.29, 0.717) is 11.7 Å². The number of amides is 1. The second kappa shape index (κ2) is 5.90. The Morgan fingerprint density at radius 2 is 2.00 bits per heavy atom. The van der Waals surface area contributed by atoms with E-state index in [0.717, 1.165) is 31.6 Å². The van der Waals surface area contributed by atoms with Crippen molar-refractivity contribution in [2.45, 2.75) is 25.2 Å². The highest BCUT2D eigenvalue weighted by Crippen LogP contribution is 2.28. The van der Waals surface area contributed by atoms with E-state index in [1.807, 2.05) is 17.0 Å². The summed E-state index contributed by atoms with van der Waals surface area (Å²) in [5.74, 6) is 1.01. The summed E-state index contributed by atoms with van der Waals surface area (Å²) >= 11 is 0. The van der Waals surface area contributed by atoms with Crippen LogP contribution in [-0.2, 0) is 11.2 Å². The van der Waals surface area contributed by atoms with Gasteiger partial charge in [0.2, 0.25) is 5.91 Å². The molecule has 0 radical (unpaired) electrons. The van der Waals surface area contributed by atoms with Crippen LogP contribution in [0.2, 0.25) is 0 Å². The van der Waals surface area contributed by atoms with Crippen molar-refractivity contribution >= 4 is 11.6 Å². The zero-order chi connectivity index (χ0) is 14.7. The van der Waals surface area contributed by atoms with E-state index >= 15 is 0 Å². The number of nitrogens with two attached hydrogens (primary N) is 1. The monoisotopic (exact) mass is 286 g/mol. The molecule has 2 heterocycles. The molecular weight excluding hydrogens is 268 g/mol. The van der Waals surface area contributed by atoms with Crippen LogP contribution in [-0.4, -0.2) is 44.5 Å². The molecule has 2 aromatic rings. The van der Waals surface area contributed by atoms with Crippen molar-refractivity contribution in [3.63, 3.8) is 0 Å². The smallest absolute Gasteiger partial charge is 0.230 e. The van der Waals surface area contributed by atoms with Crippen molar-refractivity contribution in [2.24, 2.45) is 0 Å². The number of H-pyrrole nitrogens is 1. The van der Waals surface area contributed by atoms with E-state index in [4.69, 9.17) is 5.73 Å². The average Bonchev–Trinajstić information content (AvgIpc) is 3.01. The van der Waals surface area contributed by atoms with Gasteiger partial charge >= 0.3 is 0 Å². The number of carbonyl (C=O) groups is 1. The standard InChI is InChI=1S/C14H18N6O/c15-12-3-1-10(2-4-12)11-5-7-20(8-6-11)14(21)9-13-16-18-19-17-13/h1-4,11H,5-9,15H2,(H,16,17,18,19). The molecule has 0 aliphatic carbocycles. The summed E-state index contributed by atoms with van der Waals surface area (Å²) in [7, 11) is 0. The van der Waals surface area contributed by atoms with Crippen LogP contribution in [0.1, 0.15) is 30.1 Å². The molecule has 0 bridgehead atoms.